The lowest BCUT2D eigenvalue weighted by atomic mass is 10.3. The molecule has 2 rings (SSSR count). The fourth-order valence-corrected chi connectivity index (χ4v) is 1.62. The minimum Gasteiger partial charge on any atom is -0.455 e. The van der Waals surface area contributed by atoms with E-state index in [1.165, 1.54) is 12.1 Å². The van der Waals surface area contributed by atoms with Crippen molar-refractivity contribution < 1.29 is 9.13 Å². The first-order valence-corrected chi connectivity index (χ1v) is 5.43. The molecular formula is C12H9BrFNO. The Morgan fingerprint density at radius 3 is 2.38 bits per heavy atom. The van der Waals surface area contributed by atoms with Gasteiger partial charge in [0.1, 0.15) is 17.3 Å². The third-order valence-corrected chi connectivity index (χ3v) is 2.51. The predicted octanol–water partition coefficient (Wildman–Crippen LogP) is 3.96. The van der Waals surface area contributed by atoms with Crippen molar-refractivity contribution in [1.82, 2.24) is 0 Å². The Morgan fingerprint density at radius 1 is 1.06 bits per heavy atom. The average molecular weight is 282 g/mol. The van der Waals surface area contributed by atoms with E-state index in [1.807, 2.05) is 6.07 Å². The van der Waals surface area contributed by atoms with Crippen LogP contribution in [-0.4, -0.2) is 0 Å². The SMILES string of the molecule is Nc1cc(Br)ccc1Oc1ccc(F)cc1. The highest BCUT2D eigenvalue weighted by Crippen LogP contribution is 2.29. The van der Waals surface area contributed by atoms with Crippen molar-refractivity contribution >= 4 is 21.6 Å². The van der Waals surface area contributed by atoms with Gasteiger partial charge in [-0.15, -0.1) is 0 Å². The maximum Gasteiger partial charge on any atom is 0.150 e. The Kier molecular flexibility index (Phi) is 3.10. The second-order valence-electron chi connectivity index (χ2n) is 3.24. The number of anilines is 1. The Morgan fingerprint density at radius 2 is 1.75 bits per heavy atom. The molecule has 0 saturated carbocycles. The second-order valence-corrected chi connectivity index (χ2v) is 4.15. The van der Waals surface area contributed by atoms with Gasteiger partial charge in [-0.1, -0.05) is 15.9 Å². The fraction of sp³-hybridized carbons (Fsp3) is 0. The molecule has 0 aliphatic heterocycles. The zero-order valence-corrected chi connectivity index (χ0v) is 9.87. The molecule has 2 nitrogen and oxygen atoms in total. The van der Waals surface area contributed by atoms with Crippen molar-refractivity contribution in [3.8, 4) is 11.5 Å². The number of halogens is 2. The molecular weight excluding hydrogens is 273 g/mol. The van der Waals surface area contributed by atoms with Gasteiger partial charge in [0.15, 0.2) is 0 Å². The molecule has 2 aromatic carbocycles. The molecule has 0 amide bonds. The first kappa shape index (κ1) is 11.0. The summed E-state index contributed by atoms with van der Waals surface area (Å²) in [5.41, 5.74) is 6.30. The summed E-state index contributed by atoms with van der Waals surface area (Å²) in [6.45, 7) is 0. The normalized spacial score (nSPS) is 10.1. The van der Waals surface area contributed by atoms with Gasteiger partial charge in [0.25, 0.3) is 0 Å². The molecule has 82 valence electrons. The van der Waals surface area contributed by atoms with Crippen LogP contribution in [-0.2, 0) is 0 Å². The molecule has 0 atom stereocenters. The third-order valence-electron chi connectivity index (χ3n) is 2.01. The van der Waals surface area contributed by atoms with Gasteiger partial charge in [-0.25, -0.2) is 4.39 Å². The summed E-state index contributed by atoms with van der Waals surface area (Å²) in [7, 11) is 0. The van der Waals surface area contributed by atoms with E-state index < -0.39 is 0 Å². The lowest BCUT2D eigenvalue weighted by Crippen LogP contribution is -1.91. The number of hydrogen-bond donors (Lipinski definition) is 1. The van der Waals surface area contributed by atoms with Gasteiger partial charge in [-0.3, -0.25) is 0 Å². The second kappa shape index (κ2) is 4.53. The van der Waals surface area contributed by atoms with Crippen LogP contribution < -0.4 is 10.5 Å². The topological polar surface area (TPSA) is 35.2 Å². The number of hydrogen-bond acceptors (Lipinski definition) is 2. The first-order valence-electron chi connectivity index (χ1n) is 4.63. The zero-order chi connectivity index (χ0) is 11.5. The summed E-state index contributed by atoms with van der Waals surface area (Å²) >= 11 is 3.31. The van der Waals surface area contributed by atoms with Crippen molar-refractivity contribution in [2.45, 2.75) is 0 Å². The standard InChI is InChI=1S/C12H9BrFNO/c13-8-1-6-12(11(15)7-8)16-10-4-2-9(14)3-5-10/h1-7H,15H2. The molecule has 0 heterocycles. The van der Waals surface area contributed by atoms with E-state index in [2.05, 4.69) is 15.9 Å². The van der Waals surface area contributed by atoms with Crippen LogP contribution in [0.5, 0.6) is 11.5 Å². The van der Waals surface area contributed by atoms with E-state index in [4.69, 9.17) is 10.5 Å². The van der Waals surface area contributed by atoms with Crippen LogP contribution in [0.15, 0.2) is 46.9 Å². The molecule has 0 radical (unpaired) electrons. The van der Waals surface area contributed by atoms with Gasteiger partial charge >= 0.3 is 0 Å². The average Bonchev–Trinajstić information content (AvgIpc) is 2.25. The largest absolute Gasteiger partial charge is 0.455 e. The van der Waals surface area contributed by atoms with Crippen LogP contribution in [0.2, 0.25) is 0 Å². The quantitative estimate of drug-likeness (QED) is 0.846. The summed E-state index contributed by atoms with van der Waals surface area (Å²) < 4.78 is 19.1. The van der Waals surface area contributed by atoms with Gasteiger partial charge < -0.3 is 10.5 Å². The Labute approximate surface area is 101 Å². The fourth-order valence-electron chi connectivity index (χ4n) is 1.24. The van der Waals surface area contributed by atoms with Gasteiger partial charge in [0, 0.05) is 4.47 Å². The highest BCUT2D eigenvalue weighted by molar-refractivity contribution is 9.10. The molecule has 4 heteroatoms. The van der Waals surface area contributed by atoms with E-state index in [0.717, 1.165) is 4.47 Å². The van der Waals surface area contributed by atoms with Crippen LogP contribution >= 0.6 is 15.9 Å². The van der Waals surface area contributed by atoms with Crippen LogP contribution in [0.3, 0.4) is 0 Å². The van der Waals surface area contributed by atoms with E-state index in [9.17, 15) is 4.39 Å². The number of nitrogen functional groups attached to an aromatic ring is 1. The van der Waals surface area contributed by atoms with E-state index in [1.54, 1.807) is 24.3 Å². The van der Waals surface area contributed by atoms with Crippen molar-refractivity contribution in [1.29, 1.82) is 0 Å². The minimum atomic E-state index is -0.295. The van der Waals surface area contributed by atoms with Crippen molar-refractivity contribution in [3.05, 3.63) is 52.8 Å². The number of rotatable bonds is 2. The van der Waals surface area contributed by atoms with Gasteiger partial charge in [-0.05, 0) is 42.5 Å². The Balaban J connectivity index is 2.23. The molecule has 0 spiro atoms. The lowest BCUT2D eigenvalue weighted by Gasteiger charge is -2.08. The molecule has 0 bridgehead atoms. The van der Waals surface area contributed by atoms with Gasteiger partial charge in [0.2, 0.25) is 0 Å². The number of benzene rings is 2. The van der Waals surface area contributed by atoms with Crippen LogP contribution in [0.25, 0.3) is 0 Å². The summed E-state index contributed by atoms with van der Waals surface area (Å²) in [5, 5.41) is 0. The predicted molar refractivity (Wildman–Crippen MR) is 65.0 cm³/mol. The molecule has 0 aliphatic rings. The monoisotopic (exact) mass is 281 g/mol. The van der Waals surface area contributed by atoms with E-state index >= 15 is 0 Å². The maximum atomic E-state index is 12.7. The Bertz CT molecular complexity index is 499. The van der Waals surface area contributed by atoms with Crippen molar-refractivity contribution in [2.24, 2.45) is 0 Å². The zero-order valence-electron chi connectivity index (χ0n) is 8.28. The van der Waals surface area contributed by atoms with Gasteiger partial charge in [-0.2, -0.15) is 0 Å². The molecule has 0 saturated heterocycles. The summed E-state index contributed by atoms with van der Waals surface area (Å²) in [5.74, 6) is 0.807. The third kappa shape index (κ3) is 2.52. The summed E-state index contributed by atoms with van der Waals surface area (Å²) in [6, 6.07) is 11.1. The molecule has 2 N–H and O–H groups in total. The van der Waals surface area contributed by atoms with Crippen molar-refractivity contribution in [3.63, 3.8) is 0 Å². The first-order chi connectivity index (χ1) is 7.65. The summed E-state index contributed by atoms with van der Waals surface area (Å²) in [4.78, 5) is 0. The molecule has 0 aliphatic carbocycles. The molecule has 16 heavy (non-hydrogen) atoms. The smallest absolute Gasteiger partial charge is 0.150 e. The summed E-state index contributed by atoms with van der Waals surface area (Å²) in [6.07, 6.45) is 0. The van der Waals surface area contributed by atoms with Crippen LogP contribution in [0.1, 0.15) is 0 Å². The lowest BCUT2D eigenvalue weighted by molar-refractivity contribution is 0.483. The van der Waals surface area contributed by atoms with Crippen LogP contribution in [0, 0.1) is 5.82 Å². The molecule has 2 aromatic rings. The highest BCUT2D eigenvalue weighted by Gasteiger charge is 2.02. The van der Waals surface area contributed by atoms with Crippen molar-refractivity contribution in [2.75, 3.05) is 5.73 Å². The van der Waals surface area contributed by atoms with Gasteiger partial charge in [0.05, 0.1) is 5.69 Å². The minimum absolute atomic E-state index is 0.295. The molecule has 0 fully saturated rings. The number of ether oxygens (including phenoxy) is 1. The molecule has 0 aromatic heterocycles. The van der Waals surface area contributed by atoms with E-state index in [0.29, 0.717) is 17.2 Å². The number of nitrogens with two attached hydrogens (primary N) is 1. The highest BCUT2D eigenvalue weighted by atomic mass is 79.9. The Hall–Kier alpha value is -1.55. The molecule has 0 unspecified atom stereocenters. The maximum absolute atomic E-state index is 12.7. The van der Waals surface area contributed by atoms with Crippen LogP contribution in [0.4, 0.5) is 10.1 Å². The van der Waals surface area contributed by atoms with E-state index in [-0.39, 0.29) is 5.82 Å².